The zero-order valence-electron chi connectivity index (χ0n) is 15.6. The Labute approximate surface area is 160 Å². The van der Waals surface area contributed by atoms with Gasteiger partial charge in [-0.05, 0) is 56.7 Å². The fraction of sp³-hybridized carbons (Fsp3) is 0.200. The van der Waals surface area contributed by atoms with Gasteiger partial charge in [0.2, 0.25) is 0 Å². The van der Waals surface area contributed by atoms with Crippen LogP contribution in [-0.2, 0) is 9.53 Å². The molecule has 2 N–H and O–H groups in total. The van der Waals surface area contributed by atoms with Crippen LogP contribution < -0.4 is 5.32 Å². The third kappa shape index (κ3) is 3.85. The van der Waals surface area contributed by atoms with Crippen LogP contribution in [0.15, 0.2) is 42.5 Å². The molecule has 144 valence electrons. The van der Waals surface area contributed by atoms with Gasteiger partial charge in [0, 0.05) is 34.4 Å². The first kappa shape index (κ1) is 19.1. The minimum absolute atomic E-state index is 0.0804. The zero-order chi connectivity index (χ0) is 20.4. The first-order chi connectivity index (χ1) is 13.3. The molecule has 0 bridgehead atoms. The van der Waals surface area contributed by atoms with Crippen LogP contribution in [-0.4, -0.2) is 27.9 Å². The molecular weight excluding hydrogens is 362 g/mol. The quantitative estimate of drug-likeness (QED) is 0.395. The number of nitrogens with zero attached hydrogens (tertiary/aromatic N) is 1. The Morgan fingerprint density at radius 2 is 1.82 bits per heavy atom. The molecule has 8 nitrogen and oxygen atoms in total. The van der Waals surface area contributed by atoms with E-state index >= 15 is 0 Å². The molecular formula is C20H19N3O5. The summed E-state index contributed by atoms with van der Waals surface area (Å²) in [6.45, 7) is 5.38. The number of esters is 1. The molecule has 0 spiro atoms. The Balaban J connectivity index is 1.67. The molecule has 1 aromatic heterocycles. The number of hydrogen-bond donors (Lipinski definition) is 2. The average molecular weight is 381 g/mol. The van der Waals surface area contributed by atoms with Crippen molar-refractivity contribution in [1.82, 2.24) is 4.98 Å². The molecule has 8 heteroatoms. The molecule has 3 rings (SSSR count). The molecule has 28 heavy (non-hydrogen) atoms. The highest BCUT2D eigenvalue weighted by Crippen LogP contribution is 2.23. The standard InChI is InChI=1S/C20H19N3O5/c1-11-12(2)21-18-9-4-14(10-17(11)18)20(25)28-13(3)19(24)22-15-5-7-16(8-6-15)23(26)27/h4-10,13,21H,1-3H3,(H,22,24). The summed E-state index contributed by atoms with van der Waals surface area (Å²) in [5.74, 6) is -1.14. The average Bonchev–Trinajstić information content (AvgIpc) is 2.95. The van der Waals surface area contributed by atoms with Gasteiger partial charge in [0.15, 0.2) is 6.10 Å². The van der Waals surface area contributed by atoms with Crippen LogP contribution in [0.4, 0.5) is 11.4 Å². The number of ether oxygens (including phenoxy) is 1. The lowest BCUT2D eigenvalue weighted by atomic mass is 10.1. The maximum Gasteiger partial charge on any atom is 0.338 e. The number of non-ortho nitro benzene ring substituents is 1. The minimum Gasteiger partial charge on any atom is -0.449 e. The van der Waals surface area contributed by atoms with Crippen molar-refractivity contribution in [1.29, 1.82) is 0 Å². The lowest BCUT2D eigenvalue weighted by Crippen LogP contribution is -2.30. The minimum atomic E-state index is -1.03. The number of fused-ring (bicyclic) bond motifs is 1. The van der Waals surface area contributed by atoms with Crippen LogP contribution in [0.5, 0.6) is 0 Å². The molecule has 0 aliphatic carbocycles. The van der Waals surface area contributed by atoms with E-state index in [0.717, 1.165) is 22.2 Å². The first-order valence-electron chi connectivity index (χ1n) is 8.61. The van der Waals surface area contributed by atoms with Gasteiger partial charge in [0.25, 0.3) is 11.6 Å². The highest BCUT2D eigenvalue weighted by atomic mass is 16.6. The van der Waals surface area contributed by atoms with E-state index in [1.807, 2.05) is 13.8 Å². The van der Waals surface area contributed by atoms with Crippen molar-refractivity contribution in [3.05, 3.63) is 69.4 Å². The number of H-pyrrole nitrogens is 1. The highest BCUT2D eigenvalue weighted by Gasteiger charge is 2.20. The molecule has 0 fully saturated rings. The van der Waals surface area contributed by atoms with Gasteiger partial charge in [-0.3, -0.25) is 14.9 Å². The third-order valence-corrected chi connectivity index (χ3v) is 4.54. The number of anilines is 1. The summed E-state index contributed by atoms with van der Waals surface area (Å²) in [5.41, 5.74) is 3.64. The van der Waals surface area contributed by atoms with E-state index in [1.165, 1.54) is 31.2 Å². The number of benzene rings is 2. The van der Waals surface area contributed by atoms with Crippen LogP contribution >= 0.6 is 0 Å². The molecule has 2 aromatic carbocycles. The molecule has 0 radical (unpaired) electrons. The van der Waals surface area contributed by atoms with Crippen LogP contribution in [0.3, 0.4) is 0 Å². The van der Waals surface area contributed by atoms with Crippen molar-refractivity contribution in [3.8, 4) is 0 Å². The van der Waals surface area contributed by atoms with E-state index in [9.17, 15) is 19.7 Å². The number of carbonyl (C=O) groups excluding carboxylic acids is 2. The normalized spacial score (nSPS) is 11.8. The summed E-state index contributed by atoms with van der Waals surface area (Å²) in [5, 5.41) is 14.2. The van der Waals surface area contributed by atoms with Crippen molar-refractivity contribution < 1.29 is 19.2 Å². The molecule has 0 aliphatic heterocycles. The number of aryl methyl sites for hydroxylation is 2. The number of carbonyl (C=O) groups is 2. The molecule has 1 heterocycles. The number of nitro groups is 1. The number of hydrogen-bond acceptors (Lipinski definition) is 5. The Kier molecular flexibility index (Phi) is 5.12. The maximum absolute atomic E-state index is 12.4. The second kappa shape index (κ2) is 7.51. The first-order valence-corrected chi connectivity index (χ1v) is 8.61. The van der Waals surface area contributed by atoms with Crippen molar-refractivity contribution in [2.24, 2.45) is 0 Å². The Bertz CT molecular complexity index is 1070. The second-order valence-corrected chi connectivity index (χ2v) is 6.48. The number of rotatable bonds is 5. The fourth-order valence-corrected chi connectivity index (χ4v) is 2.78. The summed E-state index contributed by atoms with van der Waals surface area (Å²) in [4.78, 5) is 38.0. The van der Waals surface area contributed by atoms with E-state index in [-0.39, 0.29) is 5.69 Å². The Morgan fingerprint density at radius 3 is 2.46 bits per heavy atom. The zero-order valence-corrected chi connectivity index (χ0v) is 15.6. The summed E-state index contributed by atoms with van der Waals surface area (Å²) in [6, 6.07) is 10.6. The van der Waals surface area contributed by atoms with Crippen LogP contribution in [0.1, 0.15) is 28.5 Å². The van der Waals surface area contributed by atoms with E-state index in [2.05, 4.69) is 10.3 Å². The summed E-state index contributed by atoms with van der Waals surface area (Å²) in [6.07, 6.45) is -1.03. The van der Waals surface area contributed by atoms with E-state index < -0.39 is 22.9 Å². The van der Waals surface area contributed by atoms with Crippen molar-refractivity contribution in [3.63, 3.8) is 0 Å². The molecule has 1 amide bonds. The van der Waals surface area contributed by atoms with Gasteiger partial charge in [-0.1, -0.05) is 0 Å². The molecule has 1 unspecified atom stereocenters. The second-order valence-electron chi connectivity index (χ2n) is 6.48. The fourth-order valence-electron chi connectivity index (χ4n) is 2.78. The van der Waals surface area contributed by atoms with Crippen LogP contribution in [0, 0.1) is 24.0 Å². The van der Waals surface area contributed by atoms with Gasteiger partial charge in [-0.25, -0.2) is 4.79 Å². The van der Waals surface area contributed by atoms with Gasteiger partial charge in [-0.2, -0.15) is 0 Å². The maximum atomic E-state index is 12.4. The van der Waals surface area contributed by atoms with Gasteiger partial charge in [0.1, 0.15) is 0 Å². The third-order valence-electron chi connectivity index (χ3n) is 4.54. The molecule has 0 aliphatic rings. The van der Waals surface area contributed by atoms with Gasteiger partial charge in [-0.15, -0.1) is 0 Å². The number of nitro benzene ring substituents is 1. The van der Waals surface area contributed by atoms with Crippen molar-refractivity contribution >= 4 is 34.2 Å². The topological polar surface area (TPSA) is 114 Å². The van der Waals surface area contributed by atoms with Gasteiger partial charge in [0.05, 0.1) is 10.5 Å². The SMILES string of the molecule is Cc1[nH]c2ccc(C(=O)OC(C)C(=O)Nc3ccc([N+](=O)[O-])cc3)cc2c1C. The summed E-state index contributed by atoms with van der Waals surface area (Å²) in [7, 11) is 0. The lowest BCUT2D eigenvalue weighted by molar-refractivity contribution is -0.384. The van der Waals surface area contributed by atoms with E-state index in [4.69, 9.17) is 4.74 Å². The smallest absolute Gasteiger partial charge is 0.338 e. The number of nitrogens with one attached hydrogen (secondary N) is 2. The molecule has 1 atom stereocenters. The lowest BCUT2D eigenvalue weighted by Gasteiger charge is -2.13. The van der Waals surface area contributed by atoms with Gasteiger partial charge >= 0.3 is 5.97 Å². The largest absolute Gasteiger partial charge is 0.449 e. The predicted octanol–water partition coefficient (Wildman–Crippen LogP) is 3.88. The van der Waals surface area contributed by atoms with Gasteiger partial charge < -0.3 is 15.0 Å². The van der Waals surface area contributed by atoms with Crippen molar-refractivity contribution in [2.45, 2.75) is 26.9 Å². The summed E-state index contributed by atoms with van der Waals surface area (Å²) < 4.78 is 5.26. The molecule has 0 saturated heterocycles. The highest BCUT2D eigenvalue weighted by molar-refractivity contribution is 5.99. The Hall–Kier alpha value is -3.68. The Morgan fingerprint density at radius 1 is 1.14 bits per heavy atom. The van der Waals surface area contributed by atoms with Crippen LogP contribution in [0.2, 0.25) is 0 Å². The van der Waals surface area contributed by atoms with E-state index in [1.54, 1.807) is 18.2 Å². The monoisotopic (exact) mass is 381 g/mol. The van der Waals surface area contributed by atoms with Crippen LogP contribution in [0.25, 0.3) is 10.9 Å². The number of aromatic amines is 1. The summed E-state index contributed by atoms with van der Waals surface area (Å²) >= 11 is 0. The van der Waals surface area contributed by atoms with Crippen molar-refractivity contribution in [2.75, 3.05) is 5.32 Å². The van der Waals surface area contributed by atoms with E-state index in [0.29, 0.717) is 11.3 Å². The molecule has 3 aromatic rings. The predicted molar refractivity (Wildman–Crippen MR) is 104 cm³/mol. The number of amides is 1. The molecule has 0 saturated carbocycles. The number of aromatic nitrogens is 1.